The Hall–Kier alpha value is -1.15. The van der Waals surface area contributed by atoms with Crippen LogP contribution in [0.5, 0.6) is 0 Å². The SMILES string of the molecule is Cc1ccc(C(=O)CC2CCNCC2)c(C)c1. The van der Waals surface area contributed by atoms with Crippen molar-refractivity contribution in [1.29, 1.82) is 0 Å². The molecule has 1 N–H and O–H groups in total. The summed E-state index contributed by atoms with van der Waals surface area (Å²) in [5.74, 6) is 0.888. The summed E-state index contributed by atoms with van der Waals surface area (Å²) >= 11 is 0. The number of carbonyl (C=O) groups excluding carboxylic acids is 1. The Morgan fingerprint density at radius 3 is 2.65 bits per heavy atom. The molecule has 92 valence electrons. The molecule has 1 aromatic carbocycles. The summed E-state index contributed by atoms with van der Waals surface area (Å²) in [7, 11) is 0. The second kappa shape index (κ2) is 5.46. The Bertz CT molecular complexity index is 405. The van der Waals surface area contributed by atoms with Crippen LogP contribution in [0.1, 0.15) is 40.7 Å². The molecule has 0 bridgehead atoms. The monoisotopic (exact) mass is 231 g/mol. The molecule has 0 radical (unpaired) electrons. The van der Waals surface area contributed by atoms with Crippen LogP contribution in [0, 0.1) is 19.8 Å². The quantitative estimate of drug-likeness (QED) is 0.810. The molecule has 0 atom stereocenters. The van der Waals surface area contributed by atoms with Gasteiger partial charge in [0.25, 0.3) is 0 Å². The van der Waals surface area contributed by atoms with E-state index in [-0.39, 0.29) is 0 Å². The fourth-order valence-corrected chi connectivity index (χ4v) is 2.58. The molecule has 0 aliphatic carbocycles. The number of Topliss-reactive ketones (excluding diaryl/α,β-unsaturated/α-hetero) is 1. The summed E-state index contributed by atoms with van der Waals surface area (Å²) in [6, 6.07) is 6.10. The van der Waals surface area contributed by atoms with E-state index in [0.717, 1.165) is 37.1 Å². The first kappa shape index (κ1) is 12.3. The predicted octanol–water partition coefficient (Wildman–Crippen LogP) is 2.88. The minimum absolute atomic E-state index is 0.314. The van der Waals surface area contributed by atoms with Crippen LogP contribution in [0.25, 0.3) is 0 Å². The van der Waals surface area contributed by atoms with Crippen molar-refractivity contribution in [2.24, 2.45) is 5.92 Å². The number of nitrogens with one attached hydrogen (secondary N) is 1. The summed E-state index contributed by atoms with van der Waals surface area (Å²) < 4.78 is 0. The van der Waals surface area contributed by atoms with Gasteiger partial charge >= 0.3 is 0 Å². The minimum Gasteiger partial charge on any atom is -0.317 e. The molecule has 1 fully saturated rings. The third-order valence-electron chi connectivity index (χ3n) is 3.62. The molecule has 17 heavy (non-hydrogen) atoms. The van der Waals surface area contributed by atoms with Gasteiger partial charge in [0.05, 0.1) is 0 Å². The fraction of sp³-hybridized carbons (Fsp3) is 0.533. The van der Waals surface area contributed by atoms with Crippen LogP contribution in [0.2, 0.25) is 0 Å². The average Bonchev–Trinajstić information content (AvgIpc) is 2.30. The molecular formula is C15H21NO. The van der Waals surface area contributed by atoms with Gasteiger partial charge in [-0.05, 0) is 51.3 Å². The van der Waals surface area contributed by atoms with Gasteiger partial charge in [-0.3, -0.25) is 4.79 Å². The van der Waals surface area contributed by atoms with Gasteiger partial charge in [-0.15, -0.1) is 0 Å². The smallest absolute Gasteiger partial charge is 0.163 e. The predicted molar refractivity (Wildman–Crippen MR) is 70.5 cm³/mol. The zero-order valence-corrected chi connectivity index (χ0v) is 10.8. The second-order valence-electron chi connectivity index (χ2n) is 5.14. The molecule has 0 spiro atoms. The van der Waals surface area contributed by atoms with Crippen LogP contribution in [0.3, 0.4) is 0 Å². The first-order chi connectivity index (χ1) is 8.16. The molecule has 2 nitrogen and oxygen atoms in total. The molecule has 1 aromatic rings. The van der Waals surface area contributed by atoms with Crippen LogP contribution in [-0.4, -0.2) is 18.9 Å². The number of piperidine rings is 1. The molecule has 1 aliphatic heterocycles. The zero-order valence-electron chi connectivity index (χ0n) is 10.8. The lowest BCUT2D eigenvalue weighted by Crippen LogP contribution is -2.29. The summed E-state index contributed by atoms with van der Waals surface area (Å²) in [6.07, 6.45) is 2.98. The van der Waals surface area contributed by atoms with E-state index >= 15 is 0 Å². The molecular weight excluding hydrogens is 210 g/mol. The molecule has 1 saturated heterocycles. The lowest BCUT2D eigenvalue weighted by molar-refractivity contribution is 0.0952. The molecule has 2 heteroatoms. The largest absolute Gasteiger partial charge is 0.317 e. The maximum atomic E-state index is 12.2. The summed E-state index contributed by atoms with van der Waals surface area (Å²) in [6.45, 7) is 6.21. The van der Waals surface area contributed by atoms with E-state index in [1.165, 1.54) is 5.56 Å². The van der Waals surface area contributed by atoms with E-state index in [9.17, 15) is 4.79 Å². The van der Waals surface area contributed by atoms with Crippen molar-refractivity contribution in [2.45, 2.75) is 33.1 Å². The van der Waals surface area contributed by atoms with E-state index in [0.29, 0.717) is 18.1 Å². The van der Waals surface area contributed by atoms with Gasteiger partial charge in [-0.2, -0.15) is 0 Å². The molecule has 0 amide bonds. The molecule has 0 saturated carbocycles. The van der Waals surface area contributed by atoms with Gasteiger partial charge in [-0.1, -0.05) is 23.8 Å². The number of ketones is 1. The molecule has 0 unspecified atom stereocenters. The van der Waals surface area contributed by atoms with Crippen molar-refractivity contribution in [1.82, 2.24) is 5.32 Å². The second-order valence-corrected chi connectivity index (χ2v) is 5.14. The normalized spacial score (nSPS) is 17.1. The summed E-state index contributed by atoms with van der Waals surface area (Å²) in [4.78, 5) is 12.2. The van der Waals surface area contributed by atoms with E-state index in [4.69, 9.17) is 0 Å². The van der Waals surface area contributed by atoms with Crippen LogP contribution in [-0.2, 0) is 0 Å². The number of hydrogen-bond donors (Lipinski definition) is 1. The lowest BCUT2D eigenvalue weighted by atomic mass is 9.89. The van der Waals surface area contributed by atoms with E-state index in [1.54, 1.807) is 0 Å². The maximum Gasteiger partial charge on any atom is 0.163 e. The van der Waals surface area contributed by atoms with E-state index < -0.39 is 0 Å². The highest BCUT2D eigenvalue weighted by molar-refractivity contribution is 5.97. The first-order valence-corrected chi connectivity index (χ1v) is 6.48. The van der Waals surface area contributed by atoms with E-state index in [2.05, 4.69) is 18.3 Å². The van der Waals surface area contributed by atoms with Crippen molar-refractivity contribution < 1.29 is 4.79 Å². The van der Waals surface area contributed by atoms with Gasteiger partial charge in [-0.25, -0.2) is 0 Å². The van der Waals surface area contributed by atoms with Gasteiger partial charge in [0, 0.05) is 12.0 Å². The van der Waals surface area contributed by atoms with Crippen LogP contribution < -0.4 is 5.32 Å². The van der Waals surface area contributed by atoms with E-state index in [1.807, 2.05) is 19.1 Å². The van der Waals surface area contributed by atoms with Crippen LogP contribution >= 0.6 is 0 Å². The number of carbonyl (C=O) groups is 1. The Morgan fingerprint density at radius 1 is 1.29 bits per heavy atom. The Morgan fingerprint density at radius 2 is 2.00 bits per heavy atom. The van der Waals surface area contributed by atoms with Crippen molar-refractivity contribution in [3.63, 3.8) is 0 Å². The molecule has 1 aliphatic rings. The first-order valence-electron chi connectivity index (χ1n) is 6.48. The summed E-state index contributed by atoms with van der Waals surface area (Å²) in [5.41, 5.74) is 3.25. The number of hydrogen-bond acceptors (Lipinski definition) is 2. The minimum atomic E-state index is 0.314. The Kier molecular flexibility index (Phi) is 3.95. The topological polar surface area (TPSA) is 29.1 Å². The Labute approximate surface area is 103 Å². The third kappa shape index (κ3) is 3.16. The number of benzene rings is 1. The van der Waals surface area contributed by atoms with Gasteiger partial charge < -0.3 is 5.32 Å². The summed E-state index contributed by atoms with van der Waals surface area (Å²) in [5, 5.41) is 3.34. The van der Waals surface area contributed by atoms with Gasteiger partial charge in [0.2, 0.25) is 0 Å². The standard InChI is InChI=1S/C15H21NO/c1-11-3-4-14(12(2)9-11)15(17)10-13-5-7-16-8-6-13/h3-4,9,13,16H,5-8,10H2,1-2H3. The number of rotatable bonds is 3. The molecule has 0 aromatic heterocycles. The van der Waals surface area contributed by atoms with Crippen molar-refractivity contribution in [3.8, 4) is 0 Å². The Balaban J connectivity index is 2.03. The van der Waals surface area contributed by atoms with Gasteiger partial charge in [0.1, 0.15) is 0 Å². The zero-order chi connectivity index (χ0) is 12.3. The lowest BCUT2D eigenvalue weighted by Gasteiger charge is -2.22. The average molecular weight is 231 g/mol. The number of aryl methyl sites for hydroxylation is 2. The van der Waals surface area contributed by atoms with Crippen molar-refractivity contribution in [2.75, 3.05) is 13.1 Å². The molecule has 1 heterocycles. The highest BCUT2D eigenvalue weighted by Gasteiger charge is 2.18. The van der Waals surface area contributed by atoms with Crippen molar-refractivity contribution in [3.05, 3.63) is 34.9 Å². The van der Waals surface area contributed by atoms with Gasteiger partial charge in [0.15, 0.2) is 5.78 Å². The highest BCUT2D eigenvalue weighted by Crippen LogP contribution is 2.20. The molecule has 2 rings (SSSR count). The maximum absolute atomic E-state index is 12.2. The fourth-order valence-electron chi connectivity index (χ4n) is 2.58. The van der Waals surface area contributed by atoms with Crippen LogP contribution in [0.15, 0.2) is 18.2 Å². The third-order valence-corrected chi connectivity index (χ3v) is 3.62. The van der Waals surface area contributed by atoms with Crippen LogP contribution in [0.4, 0.5) is 0 Å². The van der Waals surface area contributed by atoms with Crippen molar-refractivity contribution >= 4 is 5.78 Å². The highest BCUT2D eigenvalue weighted by atomic mass is 16.1.